The van der Waals surface area contributed by atoms with Crippen molar-refractivity contribution in [3.8, 4) is 5.75 Å². The summed E-state index contributed by atoms with van der Waals surface area (Å²) in [6.45, 7) is 1.82. The third kappa shape index (κ3) is 2.91. The normalized spacial score (nSPS) is 10.3. The number of aromatic carboxylic acids is 1. The average Bonchev–Trinajstić information content (AvgIpc) is 2.76. The summed E-state index contributed by atoms with van der Waals surface area (Å²) < 4.78 is 6.15. The van der Waals surface area contributed by atoms with Gasteiger partial charge in [-0.25, -0.2) is 4.79 Å². The highest BCUT2D eigenvalue weighted by Gasteiger charge is 2.19. The molecule has 0 aliphatic heterocycles. The Hall–Kier alpha value is -1.66. The number of rotatable bonds is 5. The van der Waals surface area contributed by atoms with Crippen molar-refractivity contribution in [1.82, 2.24) is 0 Å². The van der Waals surface area contributed by atoms with Crippen LogP contribution in [0.5, 0.6) is 5.75 Å². The number of benzene rings is 1. The predicted octanol–water partition coefficient (Wildman–Crippen LogP) is 4.23. The summed E-state index contributed by atoms with van der Waals surface area (Å²) in [7, 11) is 1.62. The third-order valence-corrected chi connectivity index (χ3v) is 5.23. The van der Waals surface area contributed by atoms with Gasteiger partial charge in [-0.1, -0.05) is 6.07 Å². The molecule has 0 atom stereocenters. The minimum absolute atomic E-state index is 0.375. The van der Waals surface area contributed by atoms with Crippen molar-refractivity contribution in [3.05, 3.63) is 34.7 Å². The minimum atomic E-state index is -0.888. The van der Waals surface area contributed by atoms with Crippen LogP contribution in [0, 0.1) is 6.92 Å². The maximum absolute atomic E-state index is 11.2. The summed E-state index contributed by atoms with van der Waals surface area (Å²) in [5.41, 5.74) is 2.49. The molecule has 6 heteroatoms. The number of carbonyl (C=O) groups is 1. The van der Waals surface area contributed by atoms with E-state index in [9.17, 15) is 9.90 Å². The first-order valence-electron chi connectivity index (χ1n) is 5.88. The fraction of sp³-hybridized carbons (Fsp3) is 0.214. The molecule has 0 radical (unpaired) electrons. The second-order valence-corrected chi connectivity index (χ2v) is 6.18. The lowest BCUT2D eigenvalue weighted by atomic mass is 10.2. The number of carboxylic acid groups (broad SMARTS) is 1. The van der Waals surface area contributed by atoms with Crippen LogP contribution in [-0.2, 0) is 0 Å². The first kappa shape index (κ1) is 14.7. The van der Waals surface area contributed by atoms with Crippen molar-refractivity contribution in [2.75, 3.05) is 18.7 Å². The summed E-state index contributed by atoms with van der Waals surface area (Å²) in [4.78, 5) is 11.6. The molecule has 2 rings (SSSR count). The number of ether oxygens (including phenoxy) is 1. The summed E-state index contributed by atoms with van der Waals surface area (Å²) in [5, 5.41) is 12.5. The van der Waals surface area contributed by atoms with Crippen molar-refractivity contribution in [2.24, 2.45) is 0 Å². The monoisotopic (exact) mass is 309 g/mol. The van der Waals surface area contributed by atoms with Gasteiger partial charge in [0.05, 0.1) is 17.0 Å². The molecular weight excluding hydrogens is 294 g/mol. The van der Waals surface area contributed by atoms with Crippen LogP contribution < -0.4 is 10.1 Å². The molecule has 20 heavy (non-hydrogen) atoms. The first-order chi connectivity index (χ1) is 9.56. The number of thioether (sulfide) groups is 1. The van der Waals surface area contributed by atoms with E-state index in [2.05, 4.69) is 5.32 Å². The second kappa shape index (κ2) is 6.19. The number of thiophene rings is 1. The molecule has 1 aromatic carbocycles. The summed E-state index contributed by atoms with van der Waals surface area (Å²) >= 11 is 2.83. The van der Waals surface area contributed by atoms with E-state index in [1.807, 2.05) is 37.4 Å². The molecular formula is C14H15NO3S2. The molecule has 0 bridgehead atoms. The van der Waals surface area contributed by atoms with Gasteiger partial charge in [0, 0.05) is 11.8 Å². The fourth-order valence-electron chi connectivity index (χ4n) is 1.82. The topological polar surface area (TPSA) is 58.6 Å². The summed E-state index contributed by atoms with van der Waals surface area (Å²) in [5.74, 6) is -0.131. The van der Waals surface area contributed by atoms with Crippen LogP contribution >= 0.6 is 23.1 Å². The number of anilines is 2. The van der Waals surface area contributed by atoms with E-state index in [0.717, 1.165) is 26.9 Å². The zero-order chi connectivity index (χ0) is 14.7. The molecule has 4 nitrogen and oxygen atoms in total. The lowest BCUT2D eigenvalue weighted by molar-refractivity contribution is 0.0701. The Bertz CT molecular complexity index is 637. The van der Waals surface area contributed by atoms with Gasteiger partial charge in [-0.2, -0.15) is 0 Å². The molecule has 0 saturated heterocycles. The Balaban J connectivity index is 2.39. The van der Waals surface area contributed by atoms with E-state index in [-0.39, 0.29) is 0 Å². The molecule has 106 valence electrons. The van der Waals surface area contributed by atoms with Gasteiger partial charge in [0.1, 0.15) is 10.6 Å². The Morgan fingerprint density at radius 1 is 1.45 bits per heavy atom. The Morgan fingerprint density at radius 2 is 2.20 bits per heavy atom. The molecule has 0 saturated carbocycles. The molecule has 0 spiro atoms. The number of methoxy groups -OCH3 is 1. The maximum atomic E-state index is 11.2. The van der Waals surface area contributed by atoms with Crippen LogP contribution in [0.3, 0.4) is 0 Å². The van der Waals surface area contributed by atoms with Gasteiger partial charge in [-0.3, -0.25) is 0 Å². The second-order valence-electron chi connectivity index (χ2n) is 4.08. The van der Waals surface area contributed by atoms with Gasteiger partial charge in [0.2, 0.25) is 0 Å². The number of hydrogen-bond donors (Lipinski definition) is 2. The van der Waals surface area contributed by atoms with Crippen LogP contribution in [0.25, 0.3) is 0 Å². The molecule has 2 N–H and O–H groups in total. The van der Waals surface area contributed by atoms with E-state index in [1.165, 1.54) is 23.1 Å². The highest BCUT2D eigenvalue weighted by molar-refractivity contribution is 8.00. The van der Waals surface area contributed by atoms with Crippen LogP contribution in [0.15, 0.2) is 28.5 Å². The molecule has 1 heterocycles. The summed E-state index contributed by atoms with van der Waals surface area (Å²) in [6.07, 6.45) is 1.94. The summed E-state index contributed by atoms with van der Waals surface area (Å²) in [6, 6.07) is 7.55. The Morgan fingerprint density at radius 3 is 2.80 bits per heavy atom. The Labute approximate surface area is 125 Å². The van der Waals surface area contributed by atoms with Gasteiger partial charge in [-0.05, 0) is 30.9 Å². The van der Waals surface area contributed by atoms with Crippen molar-refractivity contribution >= 4 is 40.4 Å². The largest absolute Gasteiger partial charge is 0.497 e. The molecule has 0 aliphatic carbocycles. The first-order valence-corrected chi connectivity index (χ1v) is 7.92. The van der Waals surface area contributed by atoms with Gasteiger partial charge >= 0.3 is 5.97 Å². The maximum Gasteiger partial charge on any atom is 0.346 e. The zero-order valence-electron chi connectivity index (χ0n) is 11.4. The fourth-order valence-corrected chi connectivity index (χ4v) is 3.65. The Kier molecular flexibility index (Phi) is 4.57. The van der Waals surface area contributed by atoms with Gasteiger partial charge < -0.3 is 15.2 Å². The highest BCUT2D eigenvalue weighted by Crippen LogP contribution is 2.40. The zero-order valence-corrected chi connectivity index (χ0v) is 13.0. The molecule has 2 aromatic rings. The van der Waals surface area contributed by atoms with Crippen molar-refractivity contribution in [1.29, 1.82) is 0 Å². The lowest BCUT2D eigenvalue weighted by Crippen LogP contribution is -1.97. The van der Waals surface area contributed by atoms with E-state index >= 15 is 0 Å². The molecule has 1 aromatic heterocycles. The molecule has 0 amide bonds. The number of nitrogens with one attached hydrogen (secondary N) is 1. The molecule has 0 fully saturated rings. The van der Waals surface area contributed by atoms with Gasteiger partial charge in [0.15, 0.2) is 0 Å². The SMILES string of the molecule is COc1cccc(Nc2c(SC)sc(C(=O)O)c2C)c1. The minimum Gasteiger partial charge on any atom is -0.497 e. The highest BCUT2D eigenvalue weighted by atomic mass is 32.2. The predicted molar refractivity (Wildman–Crippen MR) is 84.1 cm³/mol. The standard InChI is InChI=1S/C14H15NO3S2/c1-8-11(14(19-3)20-12(8)13(16)17)15-9-5-4-6-10(7-9)18-2/h4-7,15H,1-3H3,(H,16,17). The van der Waals surface area contributed by atoms with E-state index < -0.39 is 5.97 Å². The molecule has 0 unspecified atom stereocenters. The van der Waals surface area contributed by atoms with Crippen molar-refractivity contribution in [2.45, 2.75) is 11.1 Å². The van der Waals surface area contributed by atoms with Gasteiger partial charge in [0.25, 0.3) is 0 Å². The third-order valence-electron chi connectivity index (χ3n) is 2.83. The van der Waals surface area contributed by atoms with Gasteiger partial charge in [-0.15, -0.1) is 23.1 Å². The van der Waals surface area contributed by atoms with E-state index in [1.54, 1.807) is 7.11 Å². The smallest absolute Gasteiger partial charge is 0.346 e. The van der Waals surface area contributed by atoms with E-state index in [4.69, 9.17) is 4.74 Å². The number of hydrogen-bond acceptors (Lipinski definition) is 5. The van der Waals surface area contributed by atoms with E-state index in [0.29, 0.717) is 4.88 Å². The van der Waals surface area contributed by atoms with Crippen molar-refractivity contribution in [3.63, 3.8) is 0 Å². The van der Waals surface area contributed by atoms with Crippen molar-refractivity contribution < 1.29 is 14.6 Å². The number of carboxylic acids is 1. The average molecular weight is 309 g/mol. The van der Waals surface area contributed by atoms with Crippen LogP contribution in [0.2, 0.25) is 0 Å². The quantitative estimate of drug-likeness (QED) is 0.809. The van der Waals surface area contributed by atoms with Crippen LogP contribution in [0.4, 0.5) is 11.4 Å². The lowest BCUT2D eigenvalue weighted by Gasteiger charge is -2.09. The van der Waals surface area contributed by atoms with Crippen LogP contribution in [-0.4, -0.2) is 24.4 Å². The van der Waals surface area contributed by atoms with Crippen LogP contribution in [0.1, 0.15) is 15.2 Å². The molecule has 0 aliphatic rings.